The molecule has 1 aromatic carbocycles. The van der Waals surface area contributed by atoms with E-state index in [1.165, 1.54) is 11.3 Å². The Bertz CT molecular complexity index is 983. The van der Waals surface area contributed by atoms with E-state index < -0.39 is 0 Å². The number of nitrogens with zero attached hydrogens (tertiary/aromatic N) is 5. The number of anilines is 1. The van der Waals surface area contributed by atoms with Crippen LogP contribution in [0.4, 0.5) is 5.13 Å². The number of hydrogen-bond acceptors (Lipinski definition) is 5. The molecule has 0 saturated heterocycles. The Morgan fingerprint density at radius 3 is 2.59 bits per heavy atom. The summed E-state index contributed by atoms with van der Waals surface area (Å²) in [6.45, 7) is 7.50. The van der Waals surface area contributed by atoms with Crippen molar-refractivity contribution >= 4 is 56.6 Å². The molecular weight excluding hydrogens is 429 g/mol. The van der Waals surface area contributed by atoms with Crippen LogP contribution in [0.15, 0.2) is 24.4 Å². The number of aryl methyl sites for hydroxylation is 1. The first-order chi connectivity index (χ1) is 13.3. The van der Waals surface area contributed by atoms with E-state index in [0.29, 0.717) is 22.4 Å². The lowest BCUT2D eigenvalue weighted by atomic mass is 10.2. The molecule has 2 aromatic heterocycles. The highest BCUT2D eigenvalue weighted by atomic mass is 35.5. The average molecular weight is 456 g/mol. The lowest BCUT2D eigenvalue weighted by molar-refractivity contribution is 0.0980. The predicted molar refractivity (Wildman–Crippen MR) is 124 cm³/mol. The molecule has 0 aliphatic carbocycles. The summed E-state index contributed by atoms with van der Waals surface area (Å²) in [4.78, 5) is 21.9. The first-order valence-electron chi connectivity index (χ1n) is 9.35. The molecule has 9 heteroatoms. The van der Waals surface area contributed by atoms with E-state index in [1.807, 2.05) is 53.2 Å². The van der Waals surface area contributed by atoms with Gasteiger partial charge in [-0.2, -0.15) is 5.10 Å². The van der Waals surface area contributed by atoms with Crippen molar-refractivity contribution in [2.24, 2.45) is 0 Å². The summed E-state index contributed by atoms with van der Waals surface area (Å²) in [5.41, 5.74) is 2.23. The Hall–Kier alpha value is -1.67. The van der Waals surface area contributed by atoms with Gasteiger partial charge in [-0.1, -0.05) is 22.9 Å². The zero-order chi connectivity index (χ0) is 20.4. The molecule has 3 aromatic rings. The highest BCUT2D eigenvalue weighted by molar-refractivity contribution is 7.22. The molecule has 2 heterocycles. The summed E-state index contributed by atoms with van der Waals surface area (Å²) in [6.07, 6.45) is 2.69. The molecule has 0 aliphatic rings. The van der Waals surface area contributed by atoms with Crippen molar-refractivity contribution in [3.8, 4) is 0 Å². The maximum Gasteiger partial charge on any atom is 0.280 e. The smallest absolute Gasteiger partial charge is 0.280 e. The lowest BCUT2D eigenvalue weighted by Crippen LogP contribution is -2.33. The number of aromatic nitrogens is 3. The number of benzene rings is 1. The third kappa shape index (κ3) is 5.28. The van der Waals surface area contributed by atoms with Gasteiger partial charge in [-0.05, 0) is 71.6 Å². The molecule has 0 atom stereocenters. The van der Waals surface area contributed by atoms with Crippen LogP contribution in [0.1, 0.15) is 42.4 Å². The van der Waals surface area contributed by atoms with Gasteiger partial charge in [0.2, 0.25) is 0 Å². The molecule has 0 N–H and O–H groups in total. The Labute approximate surface area is 186 Å². The number of thiazole rings is 1. The van der Waals surface area contributed by atoms with Gasteiger partial charge in [0.25, 0.3) is 5.91 Å². The fourth-order valence-corrected chi connectivity index (χ4v) is 4.11. The third-order valence-corrected chi connectivity index (χ3v) is 6.01. The van der Waals surface area contributed by atoms with Gasteiger partial charge >= 0.3 is 0 Å². The van der Waals surface area contributed by atoms with Gasteiger partial charge in [-0.15, -0.1) is 12.4 Å². The van der Waals surface area contributed by atoms with E-state index in [0.717, 1.165) is 28.7 Å². The van der Waals surface area contributed by atoms with Crippen molar-refractivity contribution in [2.75, 3.05) is 32.1 Å². The van der Waals surface area contributed by atoms with Crippen LogP contribution in [0.2, 0.25) is 5.02 Å². The molecule has 0 saturated carbocycles. The topological polar surface area (TPSA) is 54.3 Å². The summed E-state index contributed by atoms with van der Waals surface area (Å²) < 4.78 is 2.82. The zero-order valence-electron chi connectivity index (χ0n) is 17.3. The molecule has 0 aliphatic heterocycles. The van der Waals surface area contributed by atoms with Crippen LogP contribution in [0.5, 0.6) is 0 Å². The van der Waals surface area contributed by atoms with Crippen molar-refractivity contribution in [3.63, 3.8) is 0 Å². The van der Waals surface area contributed by atoms with Crippen molar-refractivity contribution in [1.82, 2.24) is 19.7 Å². The summed E-state index contributed by atoms with van der Waals surface area (Å²) in [5.74, 6) is -0.124. The molecule has 0 bridgehead atoms. The molecule has 0 spiro atoms. The minimum absolute atomic E-state index is 0. The van der Waals surface area contributed by atoms with Gasteiger partial charge in [0.05, 0.1) is 10.2 Å². The summed E-state index contributed by atoms with van der Waals surface area (Å²) >= 11 is 7.76. The normalized spacial score (nSPS) is 11.3. The molecule has 6 nitrogen and oxygen atoms in total. The van der Waals surface area contributed by atoms with Crippen LogP contribution in [-0.2, 0) is 0 Å². The Morgan fingerprint density at radius 2 is 1.97 bits per heavy atom. The quantitative estimate of drug-likeness (QED) is 0.499. The molecule has 29 heavy (non-hydrogen) atoms. The second-order valence-corrected chi connectivity index (χ2v) is 8.82. The first kappa shape index (κ1) is 23.6. The van der Waals surface area contributed by atoms with Gasteiger partial charge in [-0.3, -0.25) is 14.4 Å². The first-order valence-corrected chi connectivity index (χ1v) is 10.5. The van der Waals surface area contributed by atoms with Crippen molar-refractivity contribution in [1.29, 1.82) is 0 Å². The number of fused-ring (bicyclic) bond motifs is 1. The van der Waals surface area contributed by atoms with Gasteiger partial charge in [-0.25, -0.2) is 4.98 Å². The number of amides is 1. The Morgan fingerprint density at radius 1 is 1.24 bits per heavy atom. The highest BCUT2D eigenvalue weighted by Crippen LogP contribution is 2.34. The molecule has 158 valence electrons. The van der Waals surface area contributed by atoms with Crippen molar-refractivity contribution < 1.29 is 4.79 Å². The van der Waals surface area contributed by atoms with Crippen LogP contribution in [0.25, 0.3) is 10.2 Å². The zero-order valence-corrected chi connectivity index (χ0v) is 19.7. The molecule has 0 fully saturated rings. The highest BCUT2D eigenvalue weighted by Gasteiger charge is 2.24. The van der Waals surface area contributed by atoms with E-state index in [4.69, 9.17) is 16.6 Å². The Balaban J connectivity index is 0.00000300. The fourth-order valence-electron chi connectivity index (χ4n) is 2.91. The third-order valence-electron chi connectivity index (χ3n) is 4.56. The minimum Gasteiger partial charge on any atom is -0.309 e. The average Bonchev–Trinajstić information content (AvgIpc) is 3.28. The predicted octanol–water partition coefficient (Wildman–Crippen LogP) is 5.06. The van der Waals surface area contributed by atoms with Gasteiger partial charge in [0, 0.05) is 23.8 Å². The van der Waals surface area contributed by atoms with Crippen LogP contribution >= 0.6 is 35.3 Å². The van der Waals surface area contributed by atoms with Crippen molar-refractivity contribution in [2.45, 2.75) is 33.2 Å². The van der Waals surface area contributed by atoms with Crippen LogP contribution < -0.4 is 4.90 Å². The molecule has 1 amide bonds. The number of carbonyl (C=O) groups is 1. The van der Waals surface area contributed by atoms with E-state index in [-0.39, 0.29) is 24.4 Å². The molecule has 3 rings (SSSR count). The fraction of sp³-hybridized carbons (Fsp3) is 0.450. The van der Waals surface area contributed by atoms with E-state index in [1.54, 1.807) is 15.6 Å². The standard InChI is InChI=1S/C20H26ClN5OS.ClH/c1-13(2)26-12-9-16(23-26)19(27)25(11-6-10-24(4)5)20-22-18-14(3)15(21)7-8-17(18)28-20;/h7-9,12-13H,6,10-11H2,1-5H3;1H. The van der Waals surface area contributed by atoms with Crippen LogP contribution in [0.3, 0.4) is 0 Å². The maximum absolute atomic E-state index is 13.3. The second kappa shape index (κ2) is 9.89. The number of rotatable bonds is 7. The SMILES string of the molecule is Cc1c(Cl)ccc2sc(N(CCCN(C)C)C(=O)c3ccn(C(C)C)n3)nc12.Cl. The monoisotopic (exact) mass is 455 g/mol. The van der Waals surface area contributed by atoms with E-state index >= 15 is 0 Å². The minimum atomic E-state index is -0.124. The molecule has 0 unspecified atom stereocenters. The summed E-state index contributed by atoms with van der Waals surface area (Å²) in [5, 5.41) is 5.82. The van der Waals surface area contributed by atoms with Gasteiger partial charge in [0.1, 0.15) is 0 Å². The van der Waals surface area contributed by atoms with E-state index in [2.05, 4.69) is 10.00 Å². The largest absolute Gasteiger partial charge is 0.309 e. The summed E-state index contributed by atoms with van der Waals surface area (Å²) in [6, 6.07) is 5.82. The number of halogens is 2. The Kier molecular flexibility index (Phi) is 8.05. The summed E-state index contributed by atoms with van der Waals surface area (Å²) in [7, 11) is 4.05. The second-order valence-electron chi connectivity index (χ2n) is 7.40. The maximum atomic E-state index is 13.3. The molecule has 0 radical (unpaired) electrons. The lowest BCUT2D eigenvalue weighted by Gasteiger charge is -2.20. The van der Waals surface area contributed by atoms with Crippen molar-refractivity contribution in [3.05, 3.63) is 40.7 Å². The van der Waals surface area contributed by atoms with Crippen LogP contribution in [-0.4, -0.2) is 52.8 Å². The van der Waals surface area contributed by atoms with Crippen LogP contribution in [0, 0.1) is 6.92 Å². The van der Waals surface area contributed by atoms with Gasteiger partial charge < -0.3 is 4.90 Å². The number of hydrogen-bond donors (Lipinski definition) is 0. The van der Waals surface area contributed by atoms with E-state index in [9.17, 15) is 4.79 Å². The number of carbonyl (C=O) groups excluding carboxylic acids is 1. The van der Waals surface area contributed by atoms with Gasteiger partial charge in [0.15, 0.2) is 10.8 Å². The molecular formula is C20H27Cl2N5OS.